The molecule has 0 bridgehead atoms. The van der Waals surface area contributed by atoms with Crippen molar-refractivity contribution < 1.29 is 18.3 Å². The molecule has 0 aliphatic heterocycles. The van der Waals surface area contributed by atoms with Crippen LogP contribution in [0.3, 0.4) is 0 Å². The van der Waals surface area contributed by atoms with Crippen molar-refractivity contribution in [3.63, 3.8) is 0 Å². The normalized spacial score (nSPS) is 10.1. The second-order valence-electron chi connectivity index (χ2n) is 2.88. The molecule has 17 heavy (non-hydrogen) atoms. The average Bonchev–Trinajstić information content (AvgIpc) is 2.28. The molecule has 7 heteroatoms. The van der Waals surface area contributed by atoms with Gasteiger partial charge in [0.2, 0.25) is 0 Å². The smallest absolute Gasteiger partial charge is 0.357 e. The summed E-state index contributed by atoms with van der Waals surface area (Å²) in [7, 11) is 0. The van der Waals surface area contributed by atoms with Crippen molar-refractivity contribution in [3.05, 3.63) is 26.6 Å². The van der Waals surface area contributed by atoms with Gasteiger partial charge >= 0.3 is 5.97 Å². The van der Waals surface area contributed by atoms with E-state index in [-0.39, 0.29) is 15.7 Å². The zero-order valence-corrected chi connectivity index (χ0v) is 10.9. The van der Waals surface area contributed by atoms with Gasteiger partial charge in [-0.2, -0.15) is 5.26 Å². The predicted octanol–water partition coefficient (Wildman–Crippen LogP) is 2.67. The Balaban J connectivity index is 3.42. The first-order valence-corrected chi connectivity index (χ1v) is 5.64. The molecule has 4 nitrogen and oxygen atoms in total. The molecule has 1 rings (SSSR count). The molecular weight excluding hydrogens is 345 g/mol. The third-order valence-electron chi connectivity index (χ3n) is 1.87. The molecule has 0 saturated heterocycles. The van der Waals surface area contributed by atoms with Crippen molar-refractivity contribution in [3.8, 4) is 6.07 Å². The molecule has 0 amide bonds. The van der Waals surface area contributed by atoms with Crippen molar-refractivity contribution in [1.29, 1.82) is 5.26 Å². The van der Waals surface area contributed by atoms with Gasteiger partial charge in [-0.1, -0.05) is 0 Å². The molecule has 0 radical (unpaired) electrons. The minimum atomic E-state index is -2.95. The summed E-state index contributed by atoms with van der Waals surface area (Å²) < 4.78 is 30.6. The minimum absolute atomic E-state index is 0.0526. The van der Waals surface area contributed by atoms with Gasteiger partial charge in [0, 0.05) is 9.77 Å². The fourth-order valence-corrected chi connectivity index (χ4v) is 1.74. The Hall–Kier alpha value is -1.30. The van der Waals surface area contributed by atoms with E-state index >= 15 is 0 Å². The summed E-state index contributed by atoms with van der Waals surface area (Å²) >= 11 is 1.71. The Kier molecular flexibility index (Phi) is 4.74. The summed E-state index contributed by atoms with van der Waals surface area (Å²) in [5.74, 6) is -0.948. The van der Waals surface area contributed by atoms with Crippen LogP contribution < -0.4 is 0 Å². The number of carbonyl (C=O) groups excluding carboxylic acids is 1. The van der Waals surface area contributed by atoms with Gasteiger partial charge in [-0.15, -0.1) is 0 Å². The number of alkyl halides is 2. The predicted molar refractivity (Wildman–Crippen MR) is 62.6 cm³/mol. The third kappa shape index (κ3) is 2.88. The van der Waals surface area contributed by atoms with Crippen LogP contribution in [0.1, 0.15) is 35.0 Å². The summed E-state index contributed by atoms with van der Waals surface area (Å²) in [5, 5.41) is 8.82. The van der Waals surface area contributed by atoms with Gasteiger partial charge < -0.3 is 4.74 Å². The minimum Gasteiger partial charge on any atom is -0.461 e. The summed E-state index contributed by atoms with van der Waals surface area (Å²) in [4.78, 5) is 15.0. The summed E-state index contributed by atoms with van der Waals surface area (Å²) in [6.07, 6.45) is -1.76. The van der Waals surface area contributed by atoms with Gasteiger partial charge in [0.05, 0.1) is 17.7 Å². The van der Waals surface area contributed by atoms with Gasteiger partial charge in [-0.25, -0.2) is 18.6 Å². The van der Waals surface area contributed by atoms with Crippen molar-refractivity contribution in [2.75, 3.05) is 6.61 Å². The monoisotopic (exact) mass is 352 g/mol. The van der Waals surface area contributed by atoms with Crippen LogP contribution in [0.5, 0.6) is 0 Å². The Morgan fingerprint density at radius 3 is 2.82 bits per heavy atom. The van der Waals surface area contributed by atoms with E-state index in [1.54, 1.807) is 35.6 Å². The first-order valence-electron chi connectivity index (χ1n) is 4.56. The molecule has 90 valence electrons. The zero-order chi connectivity index (χ0) is 13.0. The number of ether oxygens (including phenoxy) is 1. The van der Waals surface area contributed by atoms with Gasteiger partial charge in [0.25, 0.3) is 6.43 Å². The SMILES string of the molecule is CCOC(=O)c1ncc(I)c(C#N)c1C(F)F. The Labute approximate surface area is 110 Å². The number of aromatic nitrogens is 1. The molecule has 0 aliphatic rings. The van der Waals surface area contributed by atoms with E-state index in [0.29, 0.717) is 0 Å². The number of rotatable bonds is 3. The fraction of sp³-hybridized carbons (Fsp3) is 0.300. The summed E-state index contributed by atoms with van der Waals surface area (Å²) in [6.45, 7) is 1.61. The lowest BCUT2D eigenvalue weighted by molar-refractivity contribution is 0.0507. The van der Waals surface area contributed by atoms with Crippen LogP contribution >= 0.6 is 22.6 Å². The second-order valence-corrected chi connectivity index (χ2v) is 4.04. The van der Waals surface area contributed by atoms with Gasteiger partial charge in [-0.05, 0) is 29.5 Å². The topological polar surface area (TPSA) is 63.0 Å². The van der Waals surface area contributed by atoms with Crippen LogP contribution in [0, 0.1) is 14.9 Å². The molecule has 0 spiro atoms. The van der Waals surface area contributed by atoms with Crippen molar-refractivity contribution in [2.24, 2.45) is 0 Å². The summed E-state index contributed by atoms with van der Waals surface area (Å²) in [5.41, 5.74) is -1.41. The molecule has 0 unspecified atom stereocenters. The maximum Gasteiger partial charge on any atom is 0.357 e. The fourth-order valence-electron chi connectivity index (χ4n) is 1.19. The van der Waals surface area contributed by atoms with Crippen LogP contribution in [-0.4, -0.2) is 17.6 Å². The van der Waals surface area contributed by atoms with Crippen LogP contribution in [0.25, 0.3) is 0 Å². The lowest BCUT2D eigenvalue weighted by atomic mass is 10.1. The Bertz CT molecular complexity index is 486. The average molecular weight is 352 g/mol. The van der Waals surface area contributed by atoms with E-state index in [2.05, 4.69) is 9.72 Å². The van der Waals surface area contributed by atoms with Crippen LogP contribution in [0.4, 0.5) is 8.78 Å². The molecule has 1 aromatic heterocycles. The van der Waals surface area contributed by atoms with Crippen molar-refractivity contribution in [1.82, 2.24) is 4.98 Å². The molecule has 0 saturated carbocycles. The number of nitriles is 1. The van der Waals surface area contributed by atoms with E-state index < -0.39 is 23.7 Å². The van der Waals surface area contributed by atoms with Gasteiger partial charge in [-0.3, -0.25) is 0 Å². The highest BCUT2D eigenvalue weighted by Gasteiger charge is 2.26. The maximum absolute atomic E-state index is 12.9. The van der Waals surface area contributed by atoms with Crippen molar-refractivity contribution >= 4 is 28.6 Å². The van der Waals surface area contributed by atoms with Gasteiger partial charge in [0.15, 0.2) is 5.69 Å². The quantitative estimate of drug-likeness (QED) is 0.620. The Morgan fingerprint density at radius 1 is 1.71 bits per heavy atom. The molecule has 0 fully saturated rings. The number of carbonyl (C=O) groups is 1. The third-order valence-corrected chi connectivity index (χ3v) is 2.69. The van der Waals surface area contributed by atoms with E-state index in [4.69, 9.17) is 5.26 Å². The van der Waals surface area contributed by atoms with E-state index in [9.17, 15) is 13.6 Å². The number of halogens is 3. The molecule has 1 heterocycles. The molecular formula is C10H7F2IN2O2. The molecule has 1 aromatic rings. The highest BCUT2D eigenvalue weighted by atomic mass is 127. The summed E-state index contributed by atoms with van der Waals surface area (Å²) in [6, 6.07) is 1.65. The second kappa shape index (κ2) is 5.86. The number of hydrogen-bond donors (Lipinski definition) is 0. The highest BCUT2D eigenvalue weighted by Crippen LogP contribution is 2.28. The number of esters is 1. The van der Waals surface area contributed by atoms with E-state index in [1.165, 1.54) is 6.20 Å². The molecule has 0 aromatic carbocycles. The number of pyridine rings is 1. The maximum atomic E-state index is 12.9. The molecule has 0 atom stereocenters. The lowest BCUT2D eigenvalue weighted by Gasteiger charge is -2.09. The van der Waals surface area contributed by atoms with E-state index in [0.717, 1.165) is 0 Å². The van der Waals surface area contributed by atoms with Crippen LogP contribution in [-0.2, 0) is 4.74 Å². The van der Waals surface area contributed by atoms with Crippen molar-refractivity contribution in [2.45, 2.75) is 13.3 Å². The number of hydrogen-bond acceptors (Lipinski definition) is 4. The Morgan fingerprint density at radius 2 is 2.35 bits per heavy atom. The molecule has 0 N–H and O–H groups in total. The van der Waals surface area contributed by atoms with Crippen LogP contribution in [0.2, 0.25) is 0 Å². The largest absolute Gasteiger partial charge is 0.461 e. The zero-order valence-electron chi connectivity index (χ0n) is 8.71. The van der Waals surface area contributed by atoms with Gasteiger partial charge in [0.1, 0.15) is 6.07 Å². The first kappa shape index (κ1) is 13.8. The molecule has 0 aliphatic carbocycles. The van der Waals surface area contributed by atoms with Crippen LogP contribution in [0.15, 0.2) is 6.20 Å². The highest BCUT2D eigenvalue weighted by molar-refractivity contribution is 14.1. The number of nitrogens with zero attached hydrogens (tertiary/aromatic N) is 2. The first-order chi connectivity index (χ1) is 8.02. The standard InChI is InChI=1S/C10H7F2IN2O2/c1-2-17-10(16)8-7(9(11)12)5(3-14)6(13)4-15-8/h4,9H,2H2,1H3. The lowest BCUT2D eigenvalue weighted by Crippen LogP contribution is -2.13. The van der Waals surface area contributed by atoms with E-state index in [1.807, 2.05) is 0 Å².